The Labute approximate surface area is 85.7 Å². The molecule has 2 N–H and O–H groups in total. The minimum atomic E-state index is -0.978. The van der Waals surface area contributed by atoms with Crippen LogP contribution in [0.2, 0.25) is 5.02 Å². The molecule has 0 saturated heterocycles. The van der Waals surface area contributed by atoms with Crippen molar-refractivity contribution in [1.82, 2.24) is 0 Å². The van der Waals surface area contributed by atoms with E-state index in [1.165, 1.54) is 19.2 Å². The zero-order valence-corrected chi connectivity index (χ0v) is 8.21. The zero-order chi connectivity index (χ0) is 10.7. The molecule has 0 spiro atoms. The van der Waals surface area contributed by atoms with Gasteiger partial charge in [-0.25, -0.2) is 0 Å². The topological polar surface area (TPSA) is 66.8 Å². The maximum atomic E-state index is 10.4. The number of ether oxygens (including phenoxy) is 1. The van der Waals surface area contributed by atoms with Gasteiger partial charge in [0.1, 0.15) is 16.5 Å². The number of phenols is 1. The van der Waals surface area contributed by atoms with Gasteiger partial charge in [0, 0.05) is 0 Å². The van der Waals surface area contributed by atoms with Gasteiger partial charge in [0.05, 0.1) is 13.5 Å². The van der Waals surface area contributed by atoms with Crippen LogP contribution in [0, 0.1) is 0 Å². The number of halogens is 1. The summed E-state index contributed by atoms with van der Waals surface area (Å²) < 4.78 is 4.86. The Hall–Kier alpha value is -1.42. The van der Waals surface area contributed by atoms with E-state index in [0.717, 1.165) is 0 Å². The summed E-state index contributed by atoms with van der Waals surface area (Å²) in [5, 5.41) is 17.9. The molecule has 0 bridgehead atoms. The molecular formula is C9H9ClO4. The lowest BCUT2D eigenvalue weighted by atomic mass is 10.1. The van der Waals surface area contributed by atoms with Crippen LogP contribution in [0.25, 0.3) is 0 Å². The molecule has 0 aliphatic carbocycles. The summed E-state index contributed by atoms with van der Waals surface area (Å²) in [5.41, 5.74) is 0.441. The first-order valence-corrected chi connectivity index (χ1v) is 4.19. The van der Waals surface area contributed by atoms with Crippen molar-refractivity contribution < 1.29 is 19.7 Å². The van der Waals surface area contributed by atoms with Crippen molar-refractivity contribution in [2.45, 2.75) is 6.42 Å². The second-order valence-electron chi connectivity index (χ2n) is 2.70. The van der Waals surface area contributed by atoms with Crippen LogP contribution in [0.5, 0.6) is 11.5 Å². The van der Waals surface area contributed by atoms with Crippen molar-refractivity contribution in [3.05, 3.63) is 22.7 Å². The van der Waals surface area contributed by atoms with E-state index >= 15 is 0 Å². The number of aromatic hydroxyl groups is 1. The average Bonchev–Trinajstić information content (AvgIpc) is 2.10. The second kappa shape index (κ2) is 4.19. The van der Waals surface area contributed by atoms with E-state index in [-0.39, 0.29) is 22.9 Å². The largest absolute Gasteiger partial charge is 0.506 e. The van der Waals surface area contributed by atoms with Crippen LogP contribution in [0.4, 0.5) is 0 Å². The Morgan fingerprint density at radius 3 is 2.71 bits per heavy atom. The van der Waals surface area contributed by atoms with E-state index < -0.39 is 5.97 Å². The van der Waals surface area contributed by atoms with Crippen molar-refractivity contribution in [2.75, 3.05) is 7.11 Å². The number of carboxylic acids is 1. The molecule has 0 saturated carbocycles. The Kier molecular flexibility index (Phi) is 3.19. The maximum absolute atomic E-state index is 10.4. The van der Waals surface area contributed by atoms with Gasteiger partial charge < -0.3 is 14.9 Å². The quantitative estimate of drug-likeness (QED) is 0.807. The zero-order valence-electron chi connectivity index (χ0n) is 7.45. The molecule has 14 heavy (non-hydrogen) atoms. The van der Waals surface area contributed by atoms with Gasteiger partial charge >= 0.3 is 5.97 Å². The van der Waals surface area contributed by atoms with Crippen molar-refractivity contribution in [1.29, 1.82) is 0 Å². The summed E-state index contributed by atoms with van der Waals surface area (Å²) in [4.78, 5) is 10.4. The number of benzene rings is 1. The van der Waals surface area contributed by atoms with Crippen molar-refractivity contribution in [3.63, 3.8) is 0 Å². The van der Waals surface area contributed by atoms with Crippen LogP contribution in [0.3, 0.4) is 0 Å². The van der Waals surface area contributed by atoms with E-state index in [0.29, 0.717) is 5.56 Å². The number of methoxy groups -OCH3 is 1. The molecular weight excluding hydrogens is 208 g/mol. The predicted octanol–water partition coefficient (Wildman–Crippen LogP) is 1.68. The molecule has 0 amide bonds. The van der Waals surface area contributed by atoms with E-state index in [1.807, 2.05) is 0 Å². The van der Waals surface area contributed by atoms with E-state index in [1.54, 1.807) is 0 Å². The molecule has 1 aromatic carbocycles. The molecule has 1 aromatic rings. The summed E-state index contributed by atoms with van der Waals surface area (Å²) >= 11 is 5.68. The molecule has 1 rings (SSSR count). The van der Waals surface area contributed by atoms with Crippen LogP contribution >= 0.6 is 11.6 Å². The third-order valence-corrected chi connectivity index (χ3v) is 2.03. The Balaban J connectivity index is 3.09. The molecule has 4 nitrogen and oxygen atoms in total. The van der Waals surface area contributed by atoms with Crippen LogP contribution in [-0.4, -0.2) is 23.3 Å². The fourth-order valence-corrected chi connectivity index (χ4v) is 1.25. The molecule has 0 radical (unpaired) electrons. The first-order valence-electron chi connectivity index (χ1n) is 3.81. The summed E-state index contributed by atoms with van der Waals surface area (Å²) in [7, 11) is 1.39. The smallest absolute Gasteiger partial charge is 0.307 e. The molecule has 0 aliphatic heterocycles. The lowest BCUT2D eigenvalue weighted by Gasteiger charge is -2.06. The van der Waals surface area contributed by atoms with E-state index in [2.05, 4.69) is 0 Å². The number of carbonyl (C=O) groups is 1. The monoisotopic (exact) mass is 216 g/mol. The van der Waals surface area contributed by atoms with Gasteiger partial charge in [-0.05, 0) is 17.7 Å². The van der Waals surface area contributed by atoms with Crippen molar-refractivity contribution in [3.8, 4) is 11.5 Å². The SMILES string of the molecule is COc1cc(CC(=O)O)cc(O)c1Cl. The highest BCUT2D eigenvalue weighted by Gasteiger charge is 2.10. The Morgan fingerprint density at radius 1 is 1.57 bits per heavy atom. The fourth-order valence-electron chi connectivity index (χ4n) is 1.06. The molecule has 0 unspecified atom stereocenters. The molecule has 0 aliphatic rings. The maximum Gasteiger partial charge on any atom is 0.307 e. The number of hydrogen-bond donors (Lipinski definition) is 2. The summed E-state index contributed by atoms with van der Waals surface area (Å²) in [6.07, 6.45) is -0.179. The van der Waals surface area contributed by atoms with Crippen LogP contribution in [-0.2, 0) is 11.2 Å². The highest BCUT2D eigenvalue weighted by atomic mass is 35.5. The number of carboxylic acid groups (broad SMARTS) is 1. The Morgan fingerprint density at radius 2 is 2.21 bits per heavy atom. The third kappa shape index (κ3) is 2.29. The van der Waals surface area contributed by atoms with Gasteiger partial charge in [-0.15, -0.1) is 0 Å². The fraction of sp³-hybridized carbons (Fsp3) is 0.222. The molecule has 0 atom stereocenters. The molecule has 5 heteroatoms. The predicted molar refractivity (Wildman–Crippen MR) is 51.0 cm³/mol. The highest BCUT2D eigenvalue weighted by molar-refractivity contribution is 6.33. The van der Waals surface area contributed by atoms with Crippen molar-refractivity contribution >= 4 is 17.6 Å². The second-order valence-corrected chi connectivity index (χ2v) is 3.08. The lowest BCUT2D eigenvalue weighted by Crippen LogP contribution is -2.00. The van der Waals surface area contributed by atoms with E-state index in [4.69, 9.17) is 21.4 Å². The Bertz CT molecular complexity index is 362. The summed E-state index contributed by atoms with van der Waals surface area (Å²) in [6.45, 7) is 0. The van der Waals surface area contributed by atoms with Crippen LogP contribution in [0.15, 0.2) is 12.1 Å². The van der Waals surface area contributed by atoms with Gasteiger partial charge in [-0.3, -0.25) is 4.79 Å². The van der Waals surface area contributed by atoms with Gasteiger partial charge in [-0.1, -0.05) is 11.6 Å². The third-order valence-electron chi connectivity index (χ3n) is 1.66. The highest BCUT2D eigenvalue weighted by Crippen LogP contribution is 2.34. The van der Waals surface area contributed by atoms with Crippen molar-refractivity contribution in [2.24, 2.45) is 0 Å². The summed E-state index contributed by atoms with van der Waals surface area (Å²) in [6, 6.07) is 2.79. The first kappa shape index (κ1) is 10.7. The number of hydrogen-bond acceptors (Lipinski definition) is 3. The first-order chi connectivity index (χ1) is 6.54. The van der Waals surface area contributed by atoms with Gasteiger partial charge in [0.25, 0.3) is 0 Å². The number of aliphatic carboxylic acids is 1. The minimum Gasteiger partial charge on any atom is -0.506 e. The number of rotatable bonds is 3. The average molecular weight is 217 g/mol. The molecule has 0 fully saturated rings. The van der Waals surface area contributed by atoms with E-state index in [9.17, 15) is 9.90 Å². The standard InChI is InChI=1S/C9H9ClO4/c1-14-7-3-5(4-8(12)13)2-6(11)9(7)10/h2-3,11H,4H2,1H3,(H,12,13). The lowest BCUT2D eigenvalue weighted by molar-refractivity contribution is -0.136. The summed E-state index contributed by atoms with van der Waals surface area (Å²) in [5.74, 6) is -0.890. The molecule has 0 heterocycles. The van der Waals surface area contributed by atoms with Crippen LogP contribution in [0.1, 0.15) is 5.56 Å². The van der Waals surface area contributed by atoms with Gasteiger partial charge in [0.15, 0.2) is 0 Å². The van der Waals surface area contributed by atoms with Gasteiger partial charge in [-0.2, -0.15) is 0 Å². The van der Waals surface area contributed by atoms with Gasteiger partial charge in [0.2, 0.25) is 0 Å². The van der Waals surface area contributed by atoms with Crippen LogP contribution < -0.4 is 4.74 Å². The molecule has 0 aromatic heterocycles. The molecule has 76 valence electrons. The number of phenolic OH excluding ortho intramolecular Hbond substituents is 1. The normalized spacial score (nSPS) is 9.86. The minimum absolute atomic E-state index is 0.0849.